The van der Waals surface area contributed by atoms with Gasteiger partial charge in [-0.1, -0.05) is 50.2 Å². The Morgan fingerprint density at radius 1 is 0.917 bits per heavy atom. The number of piperidine rings is 1. The van der Waals surface area contributed by atoms with Crippen LogP contribution in [0.15, 0.2) is 48.5 Å². The lowest BCUT2D eigenvalue weighted by Crippen LogP contribution is -2.45. The Hall–Kier alpha value is -2.29. The summed E-state index contributed by atoms with van der Waals surface area (Å²) in [6.07, 6.45) is 1.20. The number of ether oxygens (including phenoxy) is 1. The molecule has 0 N–H and O–H groups in total. The first-order chi connectivity index (χ1) is 11.6. The molecule has 0 spiro atoms. The molecule has 2 aromatic carbocycles. The summed E-state index contributed by atoms with van der Waals surface area (Å²) in [5, 5.41) is 0. The zero-order chi connectivity index (χ0) is 16.7. The van der Waals surface area contributed by atoms with E-state index in [1.54, 1.807) is 0 Å². The molecule has 0 radical (unpaired) electrons. The van der Waals surface area contributed by atoms with Gasteiger partial charge in [0.2, 0.25) is 5.91 Å². The van der Waals surface area contributed by atoms with Gasteiger partial charge in [0.05, 0.1) is 5.92 Å². The lowest BCUT2D eigenvalue weighted by Gasteiger charge is -2.38. The number of likely N-dealkylation sites (tertiary alicyclic amines) is 1. The minimum atomic E-state index is -0.261. The second-order valence-corrected chi connectivity index (χ2v) is 7.30. The van der Waals surface area contributed by atoms with Gasteiger partial charge in [0.15, 0.2) is 0 Å². The van der Waals surface area contributed by atoms with E-state index in [-0.39, 0.29) is 11.8 Å². The van der Waals surface area contributed by atoms with Crippen molar-refractivity contribution < 1.29 is 9.53 Å². The highest BCUT2D eigenvalue weighted by atomic mass is 16.5. The van der Waals surface area contributed by atoms with Gasteiger partial charge in [-0.05, 0) is 30.4 Å². The first-order valence-electron chi connectivity index (χ1n) is 8.78. The van der Waals surface area contributed by atoms with Crippen molar-refractivity contribution in [1.29, 1.82) is 0 Å². The van der Waals surface area contributed by atoms with Gasteiger partial charge in [-0.3, -0.25) is 4.79 Å². The summed E-state index contributed by atoms with van der Waals surface area (Å²) >= 11 is 0. The van der Waals surface area contributed by atoms with E-state index in [1.165, 1.54) is 6.42 Å². The second kappa shape index (κ2) is 5.97. The molecule has 2 aromatic rings. The smallest absolute Gasteiger partial charge is 0.234 e. The minimum Gasteiger partial charge on any atom is -0.457 e. The first kappa shape index (κ1) is 15.3. The molecule has 1 fully saturated rings. The third-order valence-electron chi connectivity index (χ3n) is 5.11. The van der Waals surface area contributed by atoms with Crippen LogP contribution in [-0.2, 0) is 4.79 Å². The van der Waals surface area contributed by atoms with Gasteiger partial charge >= 0.3 is 0 Å². The maximum atomic E-state index is 13.4. The zero-order valence-electron chi connectivity index (χ0n) is 14.2. The van der Waals surface area contributed by atoms with Crippen molar-refractivity contribution in [2.45, 2.75) is 26.2 Å². The third kappa shape index (κ3) is 2.58. The molecule has 2 atom stereocenters. The predicted molar refractivity (Wildman–Crippen MR) is 94.3 cm³/mol. The van der Waals surface area contributed by atoms with Crippen molar-refractivity contribution in [3.8, 4) is 11.5 Å². The second-order valence-electron chi connectivity index (χ2n) is 7.30. The van der Waals surface area contributed by atoms with E-state index in [4.69, 9.17) is 4.74 Å². The van der Waals surface area contributed by atoms with Crippen LogP contribution >= 0.6 is 0 Å². The molecule has 0 aliphatic carbocycles. The Labute approximate surface area is 143 Å². The number of hydrogen-bond donors (Lipinski definition) is 0. The molecule has 3 heteroatoms. The van der Waals surface area contributed by atoms with E-state index in [2.05, 4.69) is 18.7 Å². The van der Waals surface area contributed by atoms with Gasteiger partial charge < -0.3 is 9.64 Å². The van der Waals surface area contributed by atoms with Crippen molar-refractivity contribution in [1.82, 2.24) is 4.90 Å². The van der Waals surface area contributed by atoms with E-state index in [9.17, 15) is 4.79 Å². The Kier molecular flexibility index (Phi) is 3.79. The quantitative estimate of drug-likeness (QED) is 0.777. The van der Waals surface area contributed by atoms with Crippen LogP contribution in [-0.4, -0.2) is 23.9 Å². The Morgan fingerprint density at radius 3 is 1.96 bits per heavy atom. The lowest BCUT2D eigenvalue weighted by atomic mass is 9.85. The Morgan fingerprint density at radius 2 is 1.42 bits per heavy atom. The average molecular weight is 321 g/mol. The maximum absolute atomic E-state index is 13.4. The van der Waals surface area contributed by atoms with Crippen LogP contribution in [0.25, 0.3) is 0 Å². The van der Waals surface area contributed by atoms with Crippen molar-refractivity contribution in [2.24, 2.45) is 11.8 Å². The summed E-state index contributed by atoms with van der Waals surface area (Å²) in [6.45, 7) is 6.18. The van der Waals surface area contributed by atoms with Crippen molar-refractivity contribution >= 4 is 5.91 Å². The fourth-order valence-electron chi connectivity index (χ4n) is 4.20. The van der Waals surface area contributed by atoms with Crippen molar-refractivity contribution in [2.75, 3.05) is 13.1 Å². The number of rotatable bonds is 1. The molecule has 0 aromatic heterocycles. The lowest BCUT2D eigenvalue weighted by molar-refractivity contribution is -0.134. The Bertz CT molecular complexity index is 714. The largest absolute Gasteiger partial charge is 0.457 e. The summed E-state index contributed by atoms with van der Waals surface area (Å²) in [6, 6.07) is 15.8. The normalized spacial score (nSPS) is 23.2. The number of fused-ring (bicyclic) bond motifs is 2. The molecule has 2 aliphatic heterocycles. The highest BCUT2D eigenvalue weighted by Gasteiger charge is 2.37. The van der Waals surface area contributed by atoms with Crippen LogP contribution in [0.4, 0.5) is 0 Å². The van der Waals surface area contributed by atoms with E-state index < -0.39 is 0 Å². The molecule has 4 rings (SSSR count). The summed E-state index contributed by atoms with van der Waals surface area (Å²) < 4.78 is 6.02. The van der Waals surface area contributed by atoms with Crippen LogP contribution in [0.1, 0.15) is 37.3 Å². The topological polar surface area (TPSA) is 29.5 Å². The highest BCUT2D eigenvalue weighted by Crippen LogP contribution is 2.45. The standard InChI is InChI=1S/C21H23NO2/c1-14-11-15(2)13-22(12-14)21(23)20-16-7-3-5-9-18(16)24-19-10-6-4-8-17(19)20/h3-10,14-15,20H,11-13H2,1-2H3/t14-,15-/m0/s1. The fraction of sp³-hybridized carbons (Fsp3) is 0.381. The minimum absolute atomic E-state index is 0.205. The monoisotopic (exact) mass is 321 g/mol. The number of para-hydroxylation sites is 2. The van der Waals surface area contributed by atoms with Gasteiger partial charge in [-0.2, -0.15) is 0 Å². The molecule has 1 amide bonds. The molecule has 2 heterocycles. The van der Waals surface area contributed by atoms with E-state index in [0.29, 0.717) is 11.8 Å². The molecule has 24 heavy (non-hydrogen) atoms. The van der Waals surface area contributed by atoms with Crippen molar-refractivity contribution in [3.05, 3.63) is 59.7 Å². The summed E-state index contributed by atoms with van der Waals surface area (Å²) in [4.78, 5) is 15.5. The third-order valence-corrected chi connectivity index (χ3v) is 5.11. The maximum Gasteiger partial charge on any atom is 0.234 e. The first-order valence-corrected chi connectivity index (χ1v) is 8.78. The molecule has 3 nitrogen and oxygen atoms in total. The average Bonchev–Trinajstić information content (AvgIpc) is 2.58. The van der Waals surface area contributed by atoms with Crippen LogP contribution in [0, 0.1) is 11.8 Å². The molecular formula is C21H23NO2. The number of amides is 1. The number of benzene rings is 2. The fourth-order valence-corrected chi connectivity index (χ4v) is 4.20. The number of nitrogens with zero attached hydrogens (tertiary/aromatic N) is 1. The van der Waals surface area contributed by atoms with Gasteiger partial charge in [-0.25, -0.2) is 0 Å². The van der Waals surface area contributed by atoms with Crippen molar-refractivity contribution in [3.63, 3.8) is 0 Å². The molecule has 2 aliphatic rings. The van der Waals surface area contributed by atoms with Gasteiger partial charge in [0, 0.05) is 24.2 Å². The van der Waals surface area contributed by atoms with Gasteiger partial charge in [-0.15, -0.1) is 0 Å². The van der Waals surface area contributed by atoms with Gasteiger partial charge in [0.25, 0.3) is 0 Å². The molecule has 1 saturated heterocycles. The number of carbonyl (C=O) groups is 1. The van der Waals surface area contributed by atoms with Crippen LogP contribution in [0.2, 0.25) is 0 Å². The zero-order valence-corrected chi connectivity index (χ0v) is 14.2. The van der Waals surface area contributed by atoms with Crippen LogP contribution in [0.3, 0.4) is 0 Å². The van der Waals surface area contributed by atoms with E-state index in [1.807, 2.05) is 48.5 Å². The van der Waals surface area contributed by atoms with Crippen LogP contribution in [0.5, 0.6) is 11.5 Å². The Balaban J connectivity index is 1.75. The number of hydrogen-bond acceptors (Lipinski definition) is 2. The molecule has 0 saturated carbocycles. The van der Waals surface area contributed by atoms with Gasteiger partial charge in [0.1, 0.15) is 11.5 Å². The molecule has 124 valence electrons. The predicted octanol–water partition coefficient (Wildman–Crippen LogP) is 4.43. The highest BCUT2D eigenvalue weighted by molar-refractivity contribution is 5.89. The summed E-state index contributed by atoms with van der Waals surface area (Å²) in [7, 11) is 0. The summed E-state index contributed by atoms with van der Waals surface area (Å²) in [5.41, 5.74) is 1.96. The molecule has 0 bridgehead atoms. The SMILES string of the molecule is C[C@H]1C[C@H](C)CN(C(=O)C2c3ccccc3Oc3ccccc32)C1. The summed E-state index contributed by atoms with van der Waals surface area (Å²) in [5.74, 6) is 2.66. The molecular weight excluding hydrogens is 298 g/mol. The van der Waals surface area contributed by atoms with E-state index >= 15 is 0 Å². The van der Waals surface area contributed by atoms with E-state index in [0.717, 1.165) is 35.7 Å². The molecule has 0 unspecified atom stereocenters. The van der Waals surface area contributed by atoms with Crippen LogP contribution < -0.4 is 4.74 Å². The number of carbonyl (C=O) groups excluding carboxylic acids is 1.